The maximum absolute atomic E-state index is 13.5. The lowest BCUT2D eigenvalue weighted by atomic mass is 9.98. The van der Waals surface area contributed by atoms with E-state index in [1.165, 1.54) is 12.1 Å². The van der Waals surface area contributed by atoms with Gasteiger partial charge in [-0.3, -0.25) is 4.90 Å². The predicted octanol–water partition coefficient (Wildman–Crippen LogP) is 5.30. The molecule has 1 saturated heterocycles. The number of hydrogen-bond donors (Lipinski definition) is 0. The lowest BCUT2D eigenvalue weighted by Crippen LogP contribution is -2.55. The third kappa shape index (κ3) is 4.70. The lowest BCUT2D eigenvalue weighted by Gasteiger charge is -2.46. The number of piperidine rings is 1. The molecule has 3 rings (SSSR count). The summed E-state index contributed by atoms with van der Waals surface area (Å²) in [5.41, 5.74) is 1.60. The zero-order chi connectivity index (χ0) is 18.4. The largest absolute Gasteiger partial charge is 0.355 e. The molecule has 1 aliphatic rings. The highest BCUT2D eigenvalue weighted by Crippen LogP contribution is 2.32. The summed E-state index contributed by atoms with van der Waals surface area (Å²) in [6, 6.07) is 14.3. The molecule has 0 N–H and O–H groups in total. The lowest BCUT2D eigenvalue weighted by molar-refractivity contribution is -0.166. The van der Waals surface area contributed by atoms with Crippen LogP contribution in [0.2, 0.25) is 0 Å². The van der Waals surface area contributed by atoms with Crippen LogP contribution in [0.5, 0.6) is 0 Å². The van der Waals surface area contributed by atoms with Gasteiger partial charge in [-0.05, 0) is 48.9 Å². The minimum atomic E-state index is -0.798. The molecule has 0 saturated carbocycles. The van der Waals surface area contributed by atoms with Crippen LogP contribution in [0.1, 0.15) is 30.4 Å². The van der Waals surface area contributed by atoms with Crippen molar-refractivity contribution in [3.63, 3.8) is 0 Å². The van der Waals surface area contributed by atoms with Gasteiger partial charge < -0.3 is 4.74 Å². The van der Waals surface area contributed by atoms with Crippen LogP contribution in [0.3, 0.4) is 0 Å². The molecule has 1 aliphatic heterocycles. The summed E-state index contributed by atoms with van der Waals surface area (Å²) in [5, 5.41) is 0.727. The van der Waals surface area contributed by atoms with E-state index >= 15 is 0 Å². The molecule has 0 radical (unpaired) electrons. The number of nitrogens with zero attached hydrogens (tertiary/aromatic N) is 1. The van der Waals surface area contributed by atoms with Crippen molar-refractivity contribution in [1.29, 1.82) is 0 Å². The normalized spacial score (nSPS) is 21.0. The number of alkyl halides is 1. The molecule has 0 aliphatic carbocycles. The molecule has 2 aromatic rings. The summed E-state index contributed by atoms with van der Waals surface area (Å²) in [7, 11) is 0. The van der Waals surface area contributed by atoms with Crippen molar-refractivity contribution in [2.24, 2.45) is 0 Å². The van der Waals surface area contributed by atoms with Gasteiger partial charge in [0.1, 0.15) is 5.72 Å². The fraction of sp³-hybridized carbons (Fsp3) is 0.429. The summed E-state index contributed by atoms with van der Waals surface area (Å²) in [4.78, 5) is 2.34. The molecule has 26 heavy (non-hydrogen) atoms. The topological polar surface area (TPSA) is 12.5 Å². The second kappa shape index (κ2) is 9.07. The summed E-state index contributed by atoms with van der Waals surface area (Å²) in [6.07, 6.45) is 3.88. The summed E-state index contributed by atoms with van der Waals surface area (Å²) in [6.45, 7) is 2.27. The molecular weight excluding hydrogens is 400 g/mol. The predicted molar refractivity (Wildman–Crippen MR) is 103 cm³/mol. The van der Waals surface area contributed by atoms with Gasteiger partial charge in [-0.1, -0.05) is 52.3 Å². The van der Waals surface area contributed by atoms with Crippen LogP contribution < -0.4 is 0 Å². The van der Waals surface area contributed by atoms with Crippen molar-refractivity contribution in [2.45, 2.75) is 38.0 Å². The van der Waals surface area contributed by atoms with Gasteiger partial charge in [0.2, 0.25) is 0 Å². The molecule has 5 heteroatoms. The Morgan fingerprint density at radius 3 is 2.54 bits per heavy atom. The van der Waals surface area contributed by atoms with E-state index in [1.807, 2.05) is 18.2 Å². The second-order valence-electron chi connectivity index (χ2n) is 6.80. The standard InChI is InChI=1S/C21H24BrF2NO/c22-16-21(26-15-18-6-2-1-3-7-18)11-4-5-12-25(21)13-10-17-8-9-19(23)20(24)14-17/h1-3,6-9,14H,4-5,10-13,15-16H2. The van der Waals surface area contributed by atoms with Crippen LogP contribution in [0, 0.1) is 11.6 Å². The van der Waals surface area contributed by atoms with E-state index in [2.05, 4.69) is 33.0 Å². The van der Waals surface area contributed by atoms with Crippen molar-refractivity contribution < 1.29 is 13.5 Å². The Labute approximate surface area is 162 Å². The Kier molecular flexibility index (Phi) is 6.79. The zero-order valence-corrected chi connectivity index (χ0v) is 16.4. The Bertz CT molecular complexity index is 712. The van der Waals surface area contributed by atoms with Gasteiger partial charge >= 0.3 is 0 Å². The fourth-order valence-corrected chi connectivity index (χ4v) is 4.28. The van der Waals surface area contributed by atoms with Crippen LogP contribution >= 0.6 is 15.9 Å². The summed E-state index contributed by atoms with van der Waals surface area (Å²) < 4.78 is 33.0. The Balaban J connectivity index is 1.67. The molecule has 1 heterocycles. The minimum Gasteiger partial charge on any atom is -0.355 e. The quantitative estimate of drug-likeness (QED) is 0.560. The molecule has 1 fully saturated rings. The maximum Gasteiger partial charge on any atom is 0.159 e. The van der Waals surface area contributed by atoms with E-state index < -0.39 is 11.6 Å². The Morgan fingerprint density at radius 1 is 1.00 bits per heavy atom. The van der Waals surface area contributed by atoms with Crippen LogP contribution in [0.25, 0.3) is 0 Å². The third-order valence-electron chi connectivity index (χ3n) is 5.04. The van der Waals surface area contributed by atoms with E-state index in [4.69, 9.17) is 4.74 Å². The molecule has 2 nitrogen and oxygen atoms in total. The highest BCUT2D eigenvalue weighted by molar-refractivity contribution is 9.09. The number of benzene rings is 2. The van der Waals surface area contributed by atoms with Crippen LogP contribution in [-0.2, 0) is 17.8 Å². The first-order valence-electron chi connectivity index (χ1n) is 9.06. The zero-order valence-electron chi connectivity index (χ0n) is 14.8. The Hall–Kier alpha value is -1.30. The SMILES string of the molecule is Fc1ccc(CCN2CCCCC2(CBr)OCc2ccccc2)cc1F. The van der Waals surface area contributed by atoms with E-state index in [1.54, 1.807) is 6.07 Å². The highest BCUT2D eigenvalue weighted by Gasteiger charge is 2.38. The van der Waals surface area contributed by atoms with Crippen molar-refractivity contribution >= 4 is 15.9 Å². The van der Waals surface area contributed by atoms with E-state index in [0.717, 1.165) is 48.8 Å². The Morgan fingerprint density at radius 2 is 1.81 bits per heavy atom. The van der Waals surface area contributed by atoms with Gasteiger partial charge in [-0.2, -0.15) is 0 Å². The summed E-state index contributed by atoms with van der Waals surface area (Å²) >= 11 is 3.65. The molecule has 0 aromatic heterocycles. The molecule has 1 atom stereocenters. The first kappa shape index (κ1) is 19.5. The fourth-order valence-electron chi connectivity index (χ4n) is 3.49. The monoisotopic (exact) mass is 423 g/mol. The molecule has 0 bridgehead atoms. The van der Waals surface area contributed by atoms with Gasteiger partial charge in [0, 0.05) is 18.4 Å². The average molecular weight is 424 g/mol. The molecule has 0 spiro atoms. The molecule has 0 amide bonds. The minimum absolute atomic E-state index is 0.354. The van der Waals surface area contributed by atoms with Gasteiger partial charge in [0.25, 0.3) is 0 Å². The van der Waals surface area contributed by atoms with E-state index in [0.29, 0.717) is 13.0 Å². The van der Waals surface area contributed by atoms with Crippen molar-refractivity contribution in [1.82, 2.24) is 4.90 Å². The van der Waals surface area contributed by atoms with Crippen LogP contribution in [-0.4, -0.2) is 29.0 Å². The second-order valence-corrected chi connectivity index (χ2v) is 7.36. The molecular formula is C21H24BrF2NO. The van der Waals surface area contributed by atoms with Crippen LogP contribution in [0.4, 0.5) is 8.78 Å². The van der Waals surface area contributed by atoms with Gasteiger partial charge in [0.15, 0.2) is 11.6 Å². The first-order chi connectivity index (χ1) is 12.6. The number of likely N-dealkylation sites (tertiary alicyclic amines) is 1. The van der Waals surface area contributed by atoms with Crippen molar-refractivity contribution in [3.8, 4) is 0 Å². The summed E-state index contributed by atoms with van der Waals surface area (Å²) in [5.74, 6) is -1.58. The number of ether oxygens (including phenoxy) is 1. The molecule has 1 unspecified atom stereocenters. The van der Waals surface area contributed by atoms with Gasteiger partial charge in [-0.25, -0.2) is 8.78 Å². The molecule has 2 aromatic carbocycles. The molecule has 140 valence electrons. The highest BCUT2D eigenvalue weighted by atomic mass is 79.9. The van der Waals surface area contributed by atoms with Crippen molar-refractivity contribution in [3.05, 3.63) is 71.3 Å². The van der Waals surface area contributed by atoms with Crippen LogP contribution in [0.15, 0.2) is 48.5 Å². The number of hydrogen-bond acceptors (Lipinski definition) is 2. The maximum atomic E-state index is 13.5. The average Bonchev–Trinajstić information content (AvgIpc) is 2.69. The van der Waals surface area contributed by atoms with E-state index in [9.17, 15) is 8.78 Å². The first-order valence-corrected chi connectivity index (χ1v) is 10.2. The van der Waals surface area contributed by atoms with Gasteiger partial charge in [-0.15, -0.1) is 0 Å². The third-order valence-corrected chi connectivity index (χ3v) is 5.91. The van der Waals surface area contributed by atoms with Crippen molar-refractivity contribution in [2.75, 3.05) is 18.4 Å². The smallest absolute Gasteiger partial charge is 0.159 e. The van der Waals surface area contributed by atoms with Gasteiger partial charge in [0.05, 0.1) is 6.61 Å². The van der Waals surface area contributed by atoms with E-state index in [-0.39, 0.29) is 5.72 Å². The number of halogens is 3. The number of rotatable bonds is 7.